The normalized spacial score (nSPS) is 16.3. The summed E-state index contributed by atoms with van der Waals surface area (Å²) >= 11 is 0. The fourth-order valence-corrected chi connectivity index (χ4v) is 3.88. The van der Waals surface area contributed by atoms with Crippen molar-refractivity contribution in [3.05, 3.63) is 59.7 Å². The van der Waals surface area contributed by atoms with Gasteiger partial charge in [0, 0.05) is 19.6 Å². The first-order chi connectivity index (χ1) is 12.8. The molecule has 0 aliphatic heterocycles. The zero-order valence-corrected chi connectivity index (χ0v) is 16.8. The summed E-state index contributed by atoms with van der Waals surface area (Å²) in [4.78, 5) is 24.7. The SMILES string of the molecule is COP(=O)(O)C(=O)[C@H](C)N=C([O-])OCC1c2ccccc2-c2ccccc21.[Li+]. The molecule has 7 nitrogen and oxygen atoms in total. The number of aliphatic imine (C=N–C) groups is 1. The van der Waals surface area contributed by atoms with Crippen molar-refractivity contribution >= 4 is 19.2 Å². The first kappa shape index (κ1) is 22.4. The van der Waals surface area contributed by atoms with Gasteiger partial charge >= 0.3 is 26.5 Å². The average Bonchev–Trinajstić information content (AvgIpc) is 2.99. The molecule has 0 fully saturated rings. The van der Waals surface area contributed by atoms with E-state index in [2.05, 4.69) is 9.52 Å². The summed E-state index contributed by atoms with van der Waals surface area (Å²) in [5.74, 6) is -0.134. The van der Waals surface area contributed by atoms with Crippen LogP contribution in [0.1, 0.15) is 24.0 Å². The molecular formula is C19H19LiNO6P. The van der Waals surface area contributed by atoms with Crippen molar-refractivity contribution < 1.29 is 47.5 Å². The van der Waals surface area contributed by atoms with Crippen molar-refractivity contribution in [3.8, 4) is 11.1 Å². The maximum atomic E-state index is 12.0. The number of fused-ring (bicyclic) bond motifs is 3. The summed E-state index contributed by atoms with van der Waals surface area (Å²) < 4.78 is 21.0. The molecular weight excluding hydrogens is 376 g/mol. The van der Waals surface area contributed by atoms with Gasteiger partial charge in [0.25, 0.3) is 5.52 Å². The summed E-state index contributed by atoms with van der Waals surface area (Å²) in [5, 5.41) is 12.0. The number of hydrogen-bond acceptors (Lipinski definition) is 6. The molecule has 1 N–H and O–H groups in total. The molecule has 28 heavy (non-hydrogen) atoms. The maximum Gasteiger partial charge on any atom is 1.00 e. The van der Waals surface area contributed by atoms with Crippen LogP contribution in [-0.4, -0.2) is 36.3 Å². The molecule has 2 aromatic rings. The molecule has 2 atom stereocenters. The number of benzene rings is 2. The van der Waals surface area contributed by atoms with Gasteiger partial charge < -0.3 is 19.3 Å². The van der Waals surface area contributed by atoms with Crippen LogP contribution in [0.4, 0.5) is 0 Å². The van der Waals surface area contributed by atoms with Crippen molar-refractivity contribution in [2.45, 2.75) is 18.9 Å². The molecule has 0 bridgehead atoms. The minimum Gasteiger partial charge on any atom is -0.599 e. The minimum absolute atomic E-state index is 0. The summed E-state index contributed by atoms with van der Waals surface area (Å²) in [6, 6.07) is 14.4. The van der Waals surface area contributed by atoms with Gasteiger partial charge in [-0.2, -0.15) is 0 Å². The van der Waals surface area contributed by atoms with Crippen LogP contribution in [0.3, 0.4) is 0 Å². The van der Waals surface area contributed by atoms with Crippen molar-refractivity contribution in [3.63, 3.8) is 0 Å². The van der Waals surface area contributed by atoms with Crippen LogP contribution >= 0.6 is 7.60 Å². The van der Waals surface area contributed by atoms with Crippen LogP contribution in [0, 0.1) is 0 Å². The average molecular weight is 395 g/mol. The third-order valence-electron chi connectivity index (χ3n) is 4.52. The topological polar surface area (TPSA) is 108 Å². The molecule has 0 saturated carbocycles. The van der Waals surface area contributed by atoms with E-state index in [4.69, 9.17) is 4.74 Å². The van der Waals surface area contributed by atoms with E-state index < -0.39 is 25.2 Å². The fourth-order valence-electron chi connectivity index (χ4n) is 3.17. The molecule has 0 spiro atoms. The van der Waals surface area contributed by atoms with Crippen molar-refractivity contribution in [1.82, 2.24) is 0 Å². The Labute approximate surface area is 175 Å². The van der Waals surface area contributed by atoms with Gasteiger partial charge in [0.2, 0.25) is 0 Å². The maximum absolute atomic E-state index is 12.0. The Morgan fingerprint density at radius 3 is 2.18 bits per heavy atom. The van der Waals surface area contributed by atoms with E-state index in [0.29, 0.717) is 0 Å². The summed E-state index contributed by atoms with van der Waals surface area (Å²) in [5.41, 5.74) is 3.13. The van der Waals surface area contributed by atoms with Crippen LogP contribution in [0.2, 0.25) is 0 Å². The molecule has 1 aliphatic rings. The van der Waals surface area contributed by atoms with E-state index in [-0.39, 0.29) is 31.4 Å². The van der Waals surface area contributed by atoms with E-state index in [0.717, 1.165) is 29.4 Å². The van der Waals surface area contributed by atoms with Gasteiger partial charge in [0.1, 0.15) is 12.1 Å². The molecule has 3 rings (SSSR count). The third-order valence-corrected chi connectivity index (χ3v) is 5.94. The second-order valence-corrected chi connectivity index (χ2v) is 8.00. The van der Waals surface area contributed by atoms with E-state index in [1.807, 2.05) is 48.5 Å². The summed E-state index contributed by atoms with van der Waals surface area (Å²) in [6.45, 7) is 1.30. The van der Waals surface area contributed by atoms with E-state index in [9.17, 15) is 19.4 Å². The number of carbonyl (C=O) groups is 1. The van der Waals surface area contributed by atoms with Gasteiger partial charge in [-0.15, -0.1) is 0 Å². The molecule has 2 aromatic carbocycles. The van der Waals surface area contributed by atoms with Crippen LogP contribution in [0.25, 0.3) is 11.1 Å². The van der Waals surface area contributed by atoms with Gasteiger partial charge in [0.05, 0.1) is 0 Å². The van der Waals surface area contributed by atoms with Crippen LogP contribution in [0.15, 0.2) is 53.5 Å². The predicted molar refractivity (Wildman–Crippen MR) is 98.4 cm³/mol. The van der Waals surface area contributed by atoms with E-state index in [1.165, 1.54) is 6.92 Å². The molecule has 0 amide bonds. The van der Waals surface area contributed by atoms with Gasteiger partial charge in [-0.3, -0.25) is 14.4 Å². The standard InChI is InChI=1S/C19H20NO6P.Li/c1-12(18(21)27(23,24)25-2)20-19(22)26-11-17-15-9-5-3-7-13(15)14-8-4-6-10-16(14)17;/h3-10,12,17H,11H2,1-2H3,(H,20,22)(H,23,24);/q;+1/p-1/t12-;/m0./s1. The zero-order chi connectivity index (χ0) is 19.6. The van der Waals surface area contributed by atoms with Crippen LogP contribution in [0.5, 0.6) is 0 Å². The molecule has 9 heteroatoms. The van der Waals surface area contributed by atoms with Crippen molar-refractivity contribution in [2.24, 2.45) is 4.99 Å². The number of rotatable bonds is 6. The largest absolute Gasteiger partial charge is 1.00 e. The quantitative estimate of drug-likeness (QED) is 0.299. The molecule has 0 heterocycles. The molecule has 0 aromatic heterocycles. The van der Waals surface area contributed by atoms with Crippen LogP contribution < -0.4 is 24.0 Å². The molecule has 0 radical (unpaired) electrons. The van der Waals surface area contributed by atoms with Crippen LogP contribution in [-0.2, 0) is 18.6 Å². The van der Waals surface area contributed by atoms with E-state index >= 15 is 0 Å². The fraction of sp³-hybridized carbons (Fsp3) is 0.263. The summed E-state index contributed by atoms with van der Waals surface area (Å²) in [7, 11) is -3.50. The molecule has 1 unspecified atom stereocenters. The third kappa shape index (κ3) is 4.40. The monoisotopic (exact) mass is 395 g/mol. The second-order valence-electron chi connectivity index (χ2n) is 6.15. The van der Waals surface area contributed by atoms with Gasteiger partial charge in [-0.1, -0.05) is 48.5 Å². The smallest absolute Gasteiger partial charge is 0.599 e. The Bertz CT molecular complexity index is 902. The van der Waals surface area contributed by atoms with Crippen molar-refractivity contribution in [2.75, 3.05) is 13.7 Å². The summed E-state index contributed by atoms with van der Waals surface area (Å²) in [6.07, 6.45) is -0.964. The van der Waals surface area contributed by atoms with Crippen molar-refractivity contribution in [1.29, 1.82) is 0 Å². The number of ether oxygens (including phenoxy) is 1. The first-order valence-electron chi connectivity index (χ1n) is 8.34. The predicted octanol–water partition coefficient (Wildman–Crippen LogP) is -0.717. The number of hydrogen-bond donors (Lipinski definition) is 1. The Hall–Kier alpha value is -1.87. The molecule has 1 aliphatic carbocycles. The Morgan fingerprint density at radius 2 is 1.68 bits per heavy atom. The zero-order valence-electron chi connectivity index (χ0n) is 15.9. The second kappa shape index (κ2) is 9.08. The molecule has 142 valence electrons. The Morgan fingerprint density at radius 1 is 1.18 bits per heavy atom. The van der Waals surface area contributed by atoms with Gasteiger partial charge in [0.15, 0.2) is 0 Å². The van der Waals surface area contributed by atoms with Gasteiger partial charge in [-0.05, 0) is 29.2 Å². The number of carbonyl (C=O) groups excluding carboxylic acids is 1. The first-order valence-corrected chi connectivity index (χ1v) is 9.91. The molecule has 0 saturated heterocycles. The minimum atomic E-state index is -4.44. The Balaban J connectivity index is 0.00000280. The van der Waals surface area contributed by atoms with Gasteiger partial charge in [-0.25, -0.2) is 0 Å². The van der Waals surface area contributed by atoms with E-state index in [1.54, 1.807) is 0 Å². The number of nitrogens with zero attached hydrogens (tertiary/aromatic N) is 1. The Kier molecular flexibility index (Phi) is 7.27.